The average molecular weight is 720 g/mol. The molecule has 0 fully saturated rings. The summed E-state index contributed by atoms with van der Waals surface area (Å²) in [6.07, 6.45) is 3.72. The molecule has 0 aliphatic carbocycles. The second-order valence-corrected chi connectivity index (χ2v) is 11.5. The fourth-order valence-corrected chi connectivity index (χ4v) is 5.64. The molecule has 0 amide bonds. The second-order valence-electron chi connectivity index (χ2n) is 11.5. The summed E-state index contributed by atoms with van der Waals surface area (Å²) in [5.74, 6) is 1.22. The van der Waals surface area contributed by atoms with Gasteiger partial charge in [-0.3, -0.25) is 4.98 Å². The molecule has 6 aromatic rings. The average Bonchev–Trinajstić information content (AvgIpc) is 3.27. The molecule has 0 aliphatic heterocycles. The van der Waals surface area contributed by atoms with Gasteiger partial charge in [-0.1, -0.05) is 69.7 Å². The number of phenolic OH excluding ortho intramolecular Hbond substituents is 1. The van der Waals surface area contributed by atoms with Crippen molar-refractivity contribution in [3.8, 4) is 34.0 Å². The van der Waals surface area contributed by atoms with Crippen LogP contribution in [0.15, 0.2) is 91.1 Å². The van der Waals surface area contributed by atoms with Crippen LogP contribution >= 0.6 is 0 Å². The Morgan fingerprint density at radius 2 is 1.41 bits per heavy atom. The van der Waals surface area contributed by atoms with E-state index in [9.17, 15) is 5.11 Å². The molecule has 0 unspecified atom stereocenters. The third-order valence-electron chi connectivity index (χ3n) is 7.22. The first-order valence-corrected chi connectivity index (χ1v) is 14.1. The molecule has 210 valence electrons. The molecular weight excluding hydrogens is 685 g/mol. The van der Waals surface area contributed by atoms with Crippen molar-refractivity contribution in [1.82, 2.24) is 14.5 Å². The number of rotatable bonds is 7. The maximum atomic E-state index is 10.7. The van der Waals surface area contributed by atoms with Crippen molar-refractivity contribution in [2.75, 3.05) is 0 Å². The maximum Gasteiger partial charge on any atom is 0.144 e. The van der Waals surface area contributed by atoms with Crippen molar-refractivity contribution in [3.05, 3.63) is 108 Å². The third-order valence-corrected chi connectivity index (χ3v) is 7.22. The Kier molecular flexibility index (Phi) is 8.42. The Bertz CT molecular complexity index is 1780. The number of benzene rings is 3. The molecule has 0 saturated heterocycles. The monoisotopic (exact) mass is 719 g/mol. The summed E-state index contributed by atoms with van der Waals surface area (Å²) in [7, 11) is 0. The molecule has 3 aromatic heterocycles. The fraction of sp³-hybridized carbons (Fsp3) is 0.222. The first-order valence-electron chi connectivity index (χ1n) is 14.1. The Hall–Kier alpha value is -3.75. The van der Waals surface area contributed by atoms with Gasteiger partial charge in [-0.15, -0.1) is 29.3 Å². The molecule has 0 saturated carbocycles. The minimum Gasteiger partial charge on any atom is -0.507 e. The molecule has 1 N–H and O–H groups in total. The molecular formula is C36H34N3OPt-. The van der Waals surface area contributed by atoms with Crippen molar-refractivity contribution in [2.24, 2.45) is 11.8 Å². The predicted molar refractivity (Wildman–Crippen MR) is 165 cm³/mol. The van der Waals surface area contributed by atoms with Crippen molar-refractivity contribution >= 4 is 21.9 Å². The van der Waals surface area contributed by atoms with E-state index in [2.05, 4.69) is 92.9 Å². The minimum absolute atomic E-state index is 0. The van der Waals surface area contributed by atoms with Gasteiger partial charge >= 0.3 is 0 Å². The molecule has 6 rings (SSSR count). The standard InChI is InChI=1S/C36H34N3O.Pt/c1-23(2)16-25-18-27(32-20-26(17-24(3)4)21-33(38-32)31-11-6-8-14-35(31)40)22-28(19-25)39-34-13-7-5-10-29(34)30-12-9-15-37-36(30)39;/h5-15,18-21,23-24,40H,16-17H2,1-4H3;/q-1;. The van der Waals surface area contributed by atoms with Crippen LogP contribution in [0.25, 0.3) is 50.1 Å². The van der Waals surface area contributed by atoms with E-state index in [0.29, 0.717) is 11.8 Å². The van der Waals surface area contributed by atoms with Crippen LogP contribution in [0.3, 0.4) is 0 Å². The Morgan fingerprint density at radius 3 is 2.17 bits per heavy atom. The molecule has 0 bridgehead atoms. The SMILES string of the molecule is CC(C)Cc1cc(-c2cc(CC(C)C)cc(-c3ccccc3O)n2)[c-]c(-n2c3ccccc3c3cccnc32)c1.[Pt]. The van der Waals surface area contributed by atoms with E-state index in [4.69, 9.17) is 9.97 Å². The van der Waals surface area contributed by atoms with Crippen LogP contribution in [0.4, 0.5) is 0 Å². The summed E-state index contributed by atoms with van der Waals surface area (Å²) in [4.78, 5) is 9.89. The van der Waals surface area contributed by atoms with Gasteiger partial charge in [-0.2, -0.15) is 0 Å². The number of pyridine rings is 2. The van der Waals surface area contributed by atoms with E-state index in [1.165, 1.54) is 16.5 Å². The van der Waals surface area contributed by atoms with Crippen molar-refractivity contribution in [3.63, 3.8) is 0 Å². The normalized spacial score (nSPS) is 11.5. The topological polar surface area (TPSA) is 50.9 Å². The van der Waals surface area contributed by atoms with E-state index in [0.717, 1.165) is 57.6 Å². The van der Waals surface area contributed by atoms with Gasteiger partial charge in [0.25, 0.3) is 0 Å². The molecule has 0 atom stereocenters. The fourth-order valence-electron chi connectivity index (χ4n) is 5.64. The van der Waals surface area contributed by atoms with Crippen LogP contribution in [0.2, 0.25) is 0 Å². The molecule has 41 heavy (non-hydrogen) atoms. The van der Waals surface area contributed by atoms with Crippen LogP contribution < -0.4 is 0 Å². The number of phenols is 1. The van der Waals surface area contributed by atoms with Crippen molar-refractivity contribution in [1.29, 1.82) is 0 Å². The summed E-state index contributed by atoms with van der Waals surface area (Å²) in [5, 5.41) is 13.0. The molecule has 3 heterocycles. The van der Waals surface area contributed by atoms with Gasteiger partial charge in [0.1, 0.15) is 11.4 Å². The zero-order valence-electron chi connectivity index (χ0n) is 23.8. The van der Waals surface area contributed by atoms with E-state index in [1.54, 1.807) is 6.07 Å². The quantitative estimate of drug-likeness (QED) is 0.168. The Morgan fingerprint density at radius 1 is 0.756 bits per heavy atom. The van der Waals surface area contributed by atoms with Gasteiger partial charge in [0.15, 0.2) is 0 Å². The minimum atomic E-state index is 0. The molecule has 0 radical (unpaired) electrons. The Labute approximate surface area is 256 Å². The van der Waals surface area contributed by atoms with Crippen LogP contribution in [-0.2, 0) is 33.9 Å². The van der Waals surface area contributed by atoms with Gasteiger partial charge in [0.05, 0.1) is 11.2 Å². The van der Waals surface area contributed by atoms with E-state index >= 15 is 0 Å². The Balaban J connectivity index is 0.00000337. The number of nitrogens with zero attached hydrogens (tertiary/aromatic N) is 3. The van der Waals surface area contributed by atoms with Crippen LogP contribution in [0.5, 0.6) is 5.75 Å². The third kappa shape index (κ3) is 5.85. The first kappa shape index (κ1) is 28.8. The maximum absolute atomic E-state index is 10.7. The van der Waals surface area contributed by atoms with Crippen molar-refractivity contribution < 1.29 is 26.2 Å². The van der Waals surface area contributed by atoms with Crippen LogP contribution in [0.1, 0.15) is 38.8 Å². The summed E-state index contributed by atoms with van der Waals surface area (Å²) in [5.41, 5.74) is 8.73. The number of fused-ring (bicyclic) bond motifs is 3. The summed E-state index contributed by atoms with van der Waals surface area (Å²) in [6.45, 7) is 8.94. The zero-order chi connectivity index (χ0) is 27.8. The van der Waals surface area contributed by atoms with Gasteiger partial charge in [-0.05, 0) is 72.5 Å². The smallest absolute Gasteiger partial charge is 0.144 e. The summed E-state index contributed by atoms with van der Waals surface area (Å²) < 4.78 is 2.22. The molecule has 0 aliphatic rings. The summed E-state index contributed by atoms with van der Waals surface area (Å²) >= 11 is 0. The van der Waals surface area contributed by atoms with Gasteiger partial charge in [0.2, 0.25) is 0 Å². The van der Waals surface area contributed by atoms with E-state index in [-0.39, 0.29) is 26.8 Å². The van der Waals surface area contributed by atoms with Crippen LogP contribution in [0, 0.1) is 17.9 Å². The number of hydrogen-bond donors (Lipinski definition) is 1. The van der Waals surface area contributed by atoms with E-state index < -0.39 is 0 Å². The molecule has 4 nitrogen and oxygen atoms in total. The zero-order valence-corrected chi connectivity index (χ0v) is 26.1. The molecule has 5 heteroatoms. The van der Waals surface area contributed by atoms with Crippen molar-refractivity contribution in [2.45, 2.75) is 40.5 Å². The summed E-state index contributed by atoms with van der Waals surface area (Å²) in [6, 6.07) is 32.5. The number of aromatic hydroxyl groups is 1. The first-order chi connectivity index (χ1) is 19.4. The van der Waals surface area contributed by atoms with Gasteiger partial charge in [-0.25, -0.2) is 4.98 Å². The molecule has 0 spiro atoms. The number of para-hydroxylation sites is 2. The molecule has 3 aromatic carbocycles. The van der Waals surface area contributed by atoms with Crippen LogP contribution in [-0.4, -0.2) is 19.6 Å². The van der Waals surface area contributed by atoms with E-state index in [1.807, 2.05) is 30.5 Å². The largest absolute Gasteiger partial charge is 0.507 e. The number of aromatic nitrogens is 3. The van der Waals surface area contributed by atoms with Gasteiger partial charge < -0.3 is 9.67 Å². The predicted octanol–water partition coefficient (Wildman–Crippen LogP) is 8.81. The number of hydrogen-bond acceptors (Lipinski definition) is 3. The second kappa shape index (κ2) is 12.0. The van der Waals surface area contributed by atoms with Gasteiger partial charge in [0, 0.05) is 43.6 Å².